The van der Waals surface area contributed by atoms with Crippen LogP contribution in [0.4, 0.5) is 0 Å². The summed E-state index contributed by atoms with van der Waals surface area (Å²) in [7, 11) is 1.61. The van der Waals surface area contributed by atoms with Crippen LogP contribution in [0.25, 0.3) is 10.9 Å². The lowest BCUT2D eigenvalue weighted by Gasteiger charge is -2.20. The van der Waals surface area contributed by atoms with Crippen molar-refractivity contribution in [1.29, 1.82) is 0 Å². The lowest BCUT2D eigenvalue weighted by atomic mass is 9.83. The summed E-state index contributed by atoms with van der Waals surface area (Å²) in [5, 5.41) is 14.0. The molecule has 5 rings (SSSR count). The summed E-state index contributed by atoms with van der Waals surface area (Å²) < 4.78 is 5.46. The summed E-state index contributed by atoms with van der Waals surface area (Å²) in [5.74, 6) is -0.771. The predicted molar refractivity (Wildman–Crippen MR) is 135 cm³/mol. The minimum atomic E-state index is -1.02. The van der Waals surface area contributed by atoms with Crippen LogP contribution in [-0.2, 0) is 0 Å². The lowest BCUT2D eigenvalue weighted by molar-refractivity contribution is 0.0690. The zero-order valence-corrected chi connectivity index (χ0v) is 19.6. The second-order valence-corrected chi connectivity index (χ2v) is 9.05. The van der Waals surface area contributed by atoms with Gasteiger partial charge < -0.3 is 20.1 Å². The molecule has 1 fully saturated rings. The summed E-state index contributed by atoms with van der Waals surface area (Å²) in [4.78, 5) is 28.1. The fraction of sp³-hybridized carbons (Fsp3) is 0.241. The van der Waals surface area contributed by atoms with Gasteiger partial charge in [0, 0.05) is 34.0 Å². The Morgan fingerprint density at radius 3 is 2.43 bits per heavy atom. The van der Waals surface area contributed by atoms with Gasteiger partial charge in [-0.15, -0.1) is 0 Å². The van der Waals surface area contributed by atoms with Crippen molar-refractivity contribution >= 4 is 22.8 Å². The maximum absolute atomic E-state index is 12.8. The van der Waals surface area contributed by atoms with Crippen molar-refractivity contribution in [3.63, 3.8) is 0 Å². The fourth-order valence-electron chi connectivity index (χ4n) is 5.14. The number of methoxy groups -OCH3 is 1. The second kappa shape index (κ2) is 9.66. The van der Waals surface area contributed by atoms with Gasteiger partial charge in [0.15, 0.2) is 0 Å². The van der Waals surface area contributed by atoms with Gasteiger partial charge in [-0.1, -0.05) is 55.3 Å². The van der Waals surface area contributed by atoms with E-state index in [0.29, 0.717) is 16.9 Å². The van der Waals surface area contributed by atoms with Gasteiger partial charge in [0.1, 0.15) is 11.4 Å². The number of carbonyl (C=O) groups is 2. The van der Waals surface area contributed by atoms with Gasteiger partial charge in [-0.05, 0) is 54.3 Å². The van der Waals surface area contributed by atoms with Crippen LogP contribution in [0.15, 0.2) is 72.8 Å². The molecule has 3 aromatic carbocycles. The number of ether oxygens (including phenoxy) is 1. The maximum atomic E-state index is 12.8. The Labute approximate surface area is 203 Å². The first-order valence-corrected chi connectivity index (χ1v) is 11.9. The largest absolute Gasteiger partial charge is 0.497 e. The van der Waals surface area contributed by atoms with Gasteiger partial charge in [0.2, 0.25) is 0 Å². The van der Waals surface area contributed by atoms with Crippen LogP contribution in [0.3, 0.4) is 0 Å². The molecule has 0 radical (unpaired) electrons. The van der Waals surface area contributed by atoms with Crippen LogP contribution >= 0.6 is 0 Å². The summed E-state index contributed by atoms with van der Waals surface area (Å²) >= 11 is 0. The number of H-pyrrole nitrogens is 1. The monoisotopic (exact) mass is 468 g/mol. The topological polar surface area (TPSA) is 91.4 Å². The third-order valence-electron chi connectivity index (χ3n) is 6.87. The molecule has 0 spiro atoms. The Hall–Kier alpha value is -4.06. The highest BCUT2D eigenvalue weighted by Crippen LogP contribution is 2.39. The normalized spacial score (nSPS) is 14.7. The van der Waals surface area contributed by atoms with E-state index < -0.39 is 5.97 Å². The number of fused-ring (bicyclic) bond motifs is 1. The van der Waals surface area contributed by atoms with Gasteiger partial charge in [0.05, 0.1) is 7.11 Å². The number of aromatic amines is 1. The number of para-hydroxylation sites is 1. The molecule has 1 saturated carbocycles. The van der Waals surface area contributed by atoms with Crippen LogP contribution in [0.1, 0.15) is 69.1 Å². The molecule has 1 aliphatic carbocycles. The van der Waals surface area contributed by atoms with Crippen molar-refractivity contribution in [3.05, 3.63) is 101 Å². The van der Waals surface area contributed by atoms with E-state index in [1.165, 1.54) is 0 Å². The quantitative estimate of drug-likeness (QED) is 0.323. The highest BCUT2D eigenvalue weighted by atomic mass is 16.5. The van der Waals surface area contributed by atoms with E-state index in [1.807, 2.05) is 72.8 Å². The molecule has 0 bridgehead atoms. The Morgan fingerprint density at radius 2 is 1.71 bits per heavy atom. The van der Waals surface area contributed by atoms with Crippen molar-refractivity contribution in [3.8, 4) is 5.75 Å². The minimum absolute atomic E-state index is 0.0697. The van der Waals surface area contributed by atoms with E-state index in [0.717, 1.165) is 47.7 Å². The molecule has 6 heteroatoms. The molecule has 1 amide bonds. The molecule has 1 atom stereocenters. The van der Waals surface area contributed by atoms with Crippen molar-refractivity contribution in [2.45, 2.75) is 37.6 Å². The van der Waals surface area contributed by atoms with Crippen molar-refractivity contribution in [2.24, 2.45) is 0 Å². The van der Waals surface area contributed by atoms with Gasteiger partial charge in [-0.25, -0.2) is 4.79 Å². The van der Waals surface area contributed by atoms with Crippen LogP contribution in [-0.4, -0.2) is 35.1 Å². The number of carbonyl (C=O) groups excluding carboxylic acids is 1. The molecule has 1 aliphatic rings. The first kappa shape index (κ1) is 22.7. The molecular weight excluding hydrogens is 440 g/mol. The number of rotatable bonds is 7. The van der Waals surface area contributed by atoms with E-state index >= 15 is 0 Å². The Bertz CT molecular complexity index is 1370. The third kappa shape index (κ3) is 4.52. The third-order valence-corrected chi connectivity index (χ3v) is 6.87. The average molecular weight is 469 g/mol. The highest BCUT2D eigenvalue weighted by molar-refractivity contribution is 5.99. The van der Waals surface area contributed by atoms with Gasteiger partial charge in [-0.3, -0.25) is 4.79 Å². The summed E-state index contributed by atoms with van der Waals surface area (Å²) in [6, 6.07) is 23.0. The van der Waals surface area contributed by atoms with Crippen molar-refractivity contribution in [2.75, 3.05) is 7.11 Å². The molecule has 1 aromatic heterocycles. The first-order chi connectivity index (χ1) is 17.0. The Balaban J connectivity index is 1.61. The SMILES string of the molecule is COc1cccc(C(c2ccc(C(=O)NC3CCCC3)cc2)c2c(C(=O)O)[nH]c3ccccc23)c1. The minimum Gasteiger partial charge on any atom is -0.497 e. The number of aromatic carboxylic acids is 1. The molecule has 35 heavy (non-hydrogen) atoms. The number of carboxylic acid groups (broad SMARTS) is 1. The van der Waals surface area contributed by atoms with Crippen LogP contribution in [0, 0.1) is 0 Å². The van der Waals surface area contributed by atoms with Crippen LogP contribution in [0.2, 0.25) is 0 Å². The number of hydrogen-bond acceptors (Lipinski definition) is 3. The van der Waals surface area contributed by atoms with Gasteiger partial charge >= 0.3 is 5.97 Å². The molecule has 178 valence electrons. The maximum Gasteiger partial charge on any atom is 0.352 e. The standard InChI is InChI=1S/C29H28N2O4/c1-35-22-10-6-7-20(17-22)25(26-23-11-4-5-12-24(23)31-27(26)29(33)34)18-13-15-19(16-14-18)28(32)30-21-8-2-3-9-21/h4-7,10-17,21,25,31H,2-3,8-9H2,1H3,(H,30,32)(H,33,34). The van der Waals surface area contributed by atoms with E-state index in [-0.39, 0.29) is 23.6 Å². The Kier molecular flexibility index (Phi) is 6.27. The molecule has 1 heterocycles. The highest BCUT2D eigenvalue weighted by Gasteiger charge is 2.28. The summed E-state index contributed by atoms with van der Waals surface area (Å²) in [5.41, 5.74) is 4.00. The molecule has 0 aliphatic heterocycles. The number of amides is 1. The van der Waals surface area contributed by atoms with E-state index in [9.17, 15) is 14.7 Å². The number of hydrogen-bond donors (Lipinski definition) is 3. The molecular formula is C29H28N2O4. The summed E-state index contributed by atoms with van der Waals surface area (Å²) in [6.07, 6.45) is 4.37. The van der Waals surface area contributed by atoms with Crippen molar-refractivity contribution < 1.29 is 19.4 Å². The predicted octanol–water partition coefficient (Wildman–Crippen LogP) is 5.73. The molecule has 0 saturated heterocycles. The van der Waals surface area contributed by atoms with E-state index in [1.54, 1.807) is 7.11 Å². The van der Waals surface area contributed by atoms with Gasteiger partial charge in [0.25, 0.3) is 5.91 Å². The van der Waals surface area contributed by atoms with Crippen molar-refractivity contribution in [1.82, 2.24) is 10.3 Å². The molecule has 4 aromatic rings. The smallest absolute Gasteiger partial charge is 0.352 e. The molecule has 3 N–H and O–H groups in total. The van der Waals surface area contributed by atoms with Gasteiger partial charge in [-0.2, -0.15) is 0 Å². The van der Waals surface area contributed by atoms with Crippen LogP contribution < -0.4 is 10.1 Å². The second-order valence-electron chi connectivity index (χ2n) is 9.05. The molecule has 1 unspecified atom stereocenters. The zero-order valence-electron chi connectivity index (χ0n) is 19.6. The fourth-order valence-corrected chi connectivity index (χ4v) is 5.14. The lowest BCUT2D eigenvalue weighted by Crippen LogP contribution is -2.32. The summed E-state index contributed by atoms with van der Waals surface area (Å²) in [6.45, 7) is 0. The number of benzene rings is 3. The van der Waals surface area contributed by atoms with Crippen LogP contribution in [0.5, 0.6) is 5.75 Å². The average Bonchev–Trinajstić information content (AvgIpc) is 3.53. The number of carboxylic acids is 1. The van der Waals surface area contributed by atoms with E-state index in [4.69, 9.17) is 4.74 Å². The first-order valence-electron chi connectivity index (χ1n) is 11.9. The Morgan fingerprint density at radius 1 is 0.971 bits per heavy atom. The molecule has 6 nitrogen and oxygen atoms in total. The van der Waals surface area contributed by atoms with E-state index in [2.05, 4.69) is 10.3 Å². The number of nitrogens with one attached hydrogen (secondary N) is 2. The number of aromatic nitrogens is 1. The zero-order chi connectivity index (χ0) is 24.4.